The molecular formula is C25H9BF12O3. The van der Waals surface area contributed by atoms with Crippen LogP contribution in [0.25, 0.3) is 0 Å². The van der Waals surface area contributed by atoms with E-state index >= 15 is 0 Å². The first-order chi connectivity index (χ1) is 19.1. The molecule has 214 valence electrons. The van der Waals surface area contributed by atoms with Crippen LogP contribution >= 0.6 is 0 Å². The molecule has 0 aliphatic carbocycles. The summed E-state index contributed by atoms with van der Waals surface area (Å²) in [7, 11) is -3.00. The highest BCUT2D eigenvalue weighted by atomic mass is 19.2. The first-order valence-corrected chi connectivity index (χ1v) is 10.8. The van der Waals surface area contributed by atoms with E-state index in [0.717, 1.165) is 0 Å². The average molecular weight is 596 g/mol. The summed E-state index contributed by atoms with van der Waals surface area (Å²) < 4.78 is 178. The third-order valence-electron chi connectivity index (χ3n) is 5.64. The third-order valence-corrected chi connectivity index (χ3v) is 5.64. The second-order valence-electron chi connectivity index (χ2n) is 8.19. The Morgan fingerprint density at radius 3 is 0.951 bits per heavy atom. The van der Waals surface area contributed by atoms with Crippen LogP contribution in [-0.4, -0.2) is 12.3 Å². The zero-order valence-electron chi connectivity index (χ0n) is 19.5. The van der Waals surface area contributed by atoms with Crippen molar-refractivity contribution in [1.29, 1.82) is 0 Å². The summed E-state index contributed by atoms with van der Waals surface area (Å²) in [5, 5.41) is 10.5. The van der Waals surface area contributed by atoms with Gasteiger partial charge in [-0.1, -0.05) is 0 Å². The van der Waals surface area contributed by atoms with Gasteiger partial charge in [-0.05, 0) is 53.1 Å². The number of hydrogen-bond acceptors (Lipinski definition) is 3. The highest BCUT2D eigenvalue weighted by Crippen LogP contribution is 2.43. The molecule has 0 saturated heterocycles. The van der Waals surface area contributed by atoms with Crippen molar-refractivity contribution in [3.05, 3.63) is 135 Å². The maximum Gasteiger partial charge on any atom is 0.711 e. The lowest BCUT2D eigenvalue weighted by molar-refractivity contribution is 0.0841. The van der Waals surface area contributed by atoms with Gasteiger partial charge in [-0.25, -0.2) is 52.7 Å². The van der Waals surface area contributed by atoms with E-state index < -0.39 is 105 Å². The molecule has 0 aliphatic rings. The van der Waals surface area contributed by atoms with Crippen molar-refractivity contribution in [3.63, 3.8) is 0 Å². The first-order valence-electron chi connectivity index (χ1n) is 10.8. The Labute approximate surface area is 221 Å². The molecule has 4 rings (SSSR count). The largest absolute Gasteiger partial charge is 0.711 e. The van der Waals surface area contributed by atoms with E-state index in [4.69, 9.17) is 9.31 Å². The second kappa shape index (κ2) is 11.0. The molecule has 0 amide bonds. The summed E-state index contributed by atoms with van der Waals surface area (Å²) in [6.07, 6.45) is 0. The van der Waals surface area contributed by atoms with E-state index in [9.17, 15) is 57.7 Å². The van der Waals surface area contributed by atoms with Crippen molar-refractivity contribution in [2.75, 3.05) is 0 Å². The number of rotatable bonds is 7. The van der Waals surface area contributed by atoms with Gasteiger partial charge >= 0.3 is 7.32 Å². The van der Waals surface area contributed by atoms with Crippen LogP contribution in [0, 0.1) is 69.8 Å². The number of benzene rings is 4. The van der Waals surface area contributed by atoms with Crippen molar-refractivity contribution in [1.82, 2.24) is 0 Å². The van der Waals surface area contributed by atoms with Gasteiger partial charge in [0.2, 0.25) is 0 Å². The smallest absolute Gasteiger partial charge is 0.512 e. The number of hydrogen-bond donors (Lipinski definition) is 1. The molecule has 0 spiro atoms. The van der Waals surface area contributed by atoms with E-state index in [1.54, 1.807) is 0 Å². The van der Waals surface area contributed by atoms with Gasteiger partial charge in [-0.3, -0.25) is 0 Å². The molecule has 4 aromatic carbocycles. The van der Waals surface area contributed by atoms with Crippen LogP contribution in [-0.2, 0) is 10.3 Å². The Balaban J connectivity index is 2.05. The van der Waals surface area contributed by atoms with Crippen molar-refractivity contribution >= 4 is 7.32 Å². The molecule has 41 heavy (non-hydrogen) atoms. The maximum absolute atomic E-state index is 14.4. The van der Waals surface area contributed by atoms with Crippen molar-refractivity contribution < 1.29 is 67.0 Å². The first kappa shape index (κ1) is 29.8. The number of halogens is 12. The third kappa shape index (κ3) is 5.44. The highest BCUT2D eigenvalue weighted by molar-refractivity contribution is 6.36. The molecule has 4 aromatic rings. The van der Waals surface area contributed by atoms with Gasteiger partial charge in [0, 0.05) is 12.1 Å². The van der Waals surface area contributed by atoms with Crippen LogP contribution in [0.5, 0.6) is 5.75 Å². The normalized spacial score (nSPS) is 11.6. The van der Waals surface area contributed by atoms with E-state index in [-0.39, 0.29) is 48.5 Å². The lowest BCUT2D eigenvalue weighted by Gasteiger charge is -2.36. The molecule has 1 N–H and O–H groups in total. The molecular weight excluding hydrogens is 587 g/mol. The molecule has 3 nitrogen and oxygen atoms in total. The molecule has 0 unspecified atom stereocenters. The lowest BCUT2D eigenvalue weighted by atomic mass is 9.78. The summed E-state index contributed by atoms with van der Waals surface area (Å²) in [4.78, 5) is 0. The van der Waals surface area contributed by atoms with Crippen LogP contribution in [0.4, 0.5) is 52.7 Å². The fourth-order valence-electron chi connectivity index (χ4n) is 3.87. The van der Waals surface area contributed by atoms with Crippen molar-refractivity contribution in [2.24, 2.45) is 0 Å². The van der Waals surface area contributed by atoms with E-state index in [1.165, 1.54) is 0 Å². The fraction of sp³-hybridized carbons (Fsp3) is 0.0400. The Bertz CT molecular complexity index is 1430. The zero-order chi connectivity index (χ0) is 30.4. The quantitative estimate of drug-likeness (QED) is 0.112. The predicted octanol–water partition coefficient (Wildman–Crippen LogP) is 6.72. The van der Waals surface area contributed by atoms with Crippen LogP contribution in [0.15, 0.2) is 48.5 Å². The maximum atomic E-state index is 14.4. The SMILES string of the molecule is OB(Oc1cc(F)c(F)c(F)c1)OC(c1cc(F)c(F)c(F)c1)(c1cc(F)c(F)c(F)c1)c1cc(F)c(F)c(F)c1. The molecule has 0 radical (unpaired) electrons. The average Bonchev–Trinajstić information content (AvgIpc) is 2.89. The minimum Gasteiger partial charge on any atom is -0.512 e. The predicted molar refractivity (Wildman–Crippen MR) is 115 cm³/mol. The standard InChI is InChI=1S/C25H9BF12O3/c27-13-1-9(2-14(28)21(13)35)25(10-3-15(29)22(36)16(30)4-10,11-5-17(31)23(37)18(32)6-11)41-26(39)40-12-7-19(33)24(38)20(34)8-12/h1-8,39H. The summed E-state index contributed by atoms with van der Waals surface area (Å²) in [6.45, 7) is 0. The Morgan fingerprint density at radius 1 is 0.439 bits per heavy atom. The van der Waals surface area contributed by atoms with Gasteiger partial charge in [-0.2, -0.15) is 0 Å². The Kier molecular flexibility index (Phi) is 8.00. The van der Waals surface area contributed by atoms with Crippen molar-refractivity contribution in [3.8, 4) is 5.75 Å². The Hall–Kier alpha value is -4.18. The molecule has 0 heterocycles. The van der Waals surface area contributed by atoms with E-state index in [0.29, 0.717) is 0 Å². The monoisotopic (exact) mass is 596 g/mol. The molecule has 0 atom stereocenters. The van der Waals surface area contributed by atoms with Gasteiger partial charge in [0.05, 0.1) is 0 Å². The van der Waals surface area contributed by atoms with Gasteiger partial charge in [-0.15, -0.1) is 0 Å². The molecule has 0 aliphatic heterocycles. The molecule has 0 fully saturated rings. The molecule has 0 saturated carbocycles. The summed E-state index contributed by atoms with van der Waals surface area (Å²) >= 11 is 0. The summed E-state index contributed by atoms with van der Waals surface area (Å²) in [5.74, 6) is -25.3. The minimum absolute atomic E-state index is 0.0701. The molecule has 0 bridgehead atoms. The van der Waals surface area contributed by atoms with Crippen molar-refractivity contribution in [2.45, 2.75) is 5.60 Å². The van der Waals surface area contributed by atoms with Gasteiger partial charge in [0.1, 0.15) is 11.4 Å². The minimum atomic E-state index is -3.34. The van der Waals surface area contributed by atoms with Gasteiger partial charge < -0.3 is 14.3 Å². The van der Waals surface area contributed by atoms with Crippen LogP contribution in [0.1, 0.15) is 16.7 Å². The highest BCUT2D eigenvalue weighted by Gasteiger charge is 2.46. The van der Waals surface area contributed by atoms with Crippen LogP contribution in [0.3, 0.4) is 0 Å². The summed E-state index contributed by atoms with van der Waals surface area (Å²) in [6, 6.07) is 0.751. The van der Waals surface area contributed by atoms with E-state index in [2.05, 4.69) is 0 Å². The topological polar surface area (TPSA) is 38.7 Å². The second-order valence-corrected chi connectivity index (χ2v) is 8.19. The zero-order valence-corrected chi connectivity index (χ0v) is 19.5. The van der Waals surface area contributed by atoms with E-state index in [1.807, 2.05) is 0 Å². The molecule has 0 aromatic heterocycles. The fourth-order valence-corrected chi connectivity index (χ4v) is 3.87. The lowest BCUT2D eigenvalue weighted by Crippen LogP contribution is -2.42. The summed E-state index contributed by atoms with van der Waals surface area (Å²) in [5.41, 5.74) is -6.78. The van der Waals surface area contributed by atoms with Gasteiger partial charge in [0.15, 0.2) is 69.8 Å². The van der Waals surface area contributed by atoms with Crippen LogP contribution in [0.2, 0.25) is 0 Å². The van der Waals surface area contributed by atoms with Gasteiger partial charge in [0.25, 0.3) is 0 Å². The Morgan fingerprint density at radius 2 is 0.683 bits per heavy atom. The molecule has 16 heteroatoms. The van der Waals surface area contributed by atoms with Crippen LogP contribution < -0.4 is 4.65 Å².